The van der Waals surface area contributed by atoms with E-state index in [1.165, 1.54) is 12.3 Å². The van der Waals surface area contributed by atoms with Gasteiger partial charge in [-0.25, -0.2) is 14.4 Å². The number of thiophene rings is 1. The molecule has 3 aromatic rings. The van der Waals surface area contributed by atoms with E-state index in [-0.39, 0.29) is 5.82 Å². The molecular formula is C16H15FN4OS2. The van der Waals surface area contributed by atoms with E-state index in [0.717, 1.165) is 51.5 Å². The third-order valence-electron chi connectivity index (χ3n) is 3.66. The summed E-state index contributed by atoms with van der Waals surface area (Å²) >= 11 is 3.28. The summed E-state index contributed by atoms with van der Waals surface area (Å²) in [5.74, 6) is 0.211. The Kier molecular flexibility index (Phi) is 4.17. The van der Waals surface area contributed by atoms with Crippen LogP contribution < -0.4 is 10.2 Å². The van der Waals surface area contributed by atoms with Gasteiger partial charge >= 0.3 is 0 Å². The van der Waals surface area contributed by atoms with E-state index in [1.54, 1.807) is 28.7 Å². The fraction of sp³-hybridized carbons (Fsp3) is 0.250. The molecular weight excluding hydrogens is 347 g/mol. The third kappa shape index (κ3) is 3.12. The van der Waals surface area contributed by atoms with Gasteiger partial charge < -0.3 is 15.0 Å². The molecule has 4 rings (SSSR count). The molecule has 3 aromatic heterocycles. The molecule has 5 nitrogen and oxygen atoms in total. The minimum Gasteiger partial charge on any atom is -0.378 e. The van der Waals surface area contributed by atoms with Crippen LogP contribution in [0.3, 0.4) is 0 Å². The molecule has 1 N–H and O–H groups in total. The van der Waals surface area contributed by atoms with E-state index in [9.17, 15) is 4.39 Å². The van der Waals surface area contributed by atoms with Crippen LogP contribution in [0.25, 0.3) is 15.2 Å². The van der Waals surface area contributed by atoms with E-state index in [0.29, 0.717) is 5.82 Å². The summed E-state index contributed by atoms with van der Waals surface area (Å²) in [6, 6.07) is 5.04. The van der Waals surface area contributed by atoms with Gasteiger partial charge in [0.25, 0.3) is 0 Å². The standard InChI is InChI=1S/C16H15FN4OS2/c1-10(19-14-3-2-11(17)9-18-14)12-8-13-15(23-12)20-16(24-13)21-4-6-22-7-5-21/h2-3,8-9H,1,4-7H2,(H,18,19). The van der Waals surface area contributed by atoms with E-state index in [4.69, 9.17) is 9.72 Å². The summed E-state index contributed by atoms with van der Waals surface area (Å²) < 4.78 is 19.4. The number of morpholine rings is 1. The summed E-state index contributed by atoms with van der Waals surface area (Å²) in [6.07, 6.45) is 1.18. The lowest BCUT2D eigenvalue weighted by atomic mass is 10.3. The maximum absolute atomic E-state index is 12.9. The smallest absolute Gasteiger partial charge is 0.187 e. The molecule has 1 aliphatic rings. The average molecular weight is 362 g/mol. The Morgan fingerprint density at radius 2 is 2.12 bits per heavy atom. The van der Waals surface area contributed by atoms with Gasteiger partial charge in [0.2, 0.25) is 0 Å². The van der Waals surface area contributed by atoms with Crippen molar-refractivity contribution in [2.75, 3.05) is 36.5 Å². The third-order valence-corrected chi connectivity index (χ3v) is 5.94. The number of rotatable bonds is 4. The zero-order valence-corrected chi connectivity index (χ0v) is 14.4. The molecule has 1 saturated heterocycles. The quantitative estimate of drug-likeness (QED) is 0.765. The first kappa shape index (κ1) is 15.5. The molecule has 124 valence electrons. The summed E-state index contributed by atoms with van der Waals surface area (Å²) in [7, 11) is 0. The number of aromatic nitrogens is 2. The number of nitrogens with zero attached hydrogens (tertiary/aromatic N) is 3. The highest BCUT2D eigenvalue weighted by Crippen LogP contribution is 2.37. The fourth-order valence-electron chi connectivity index (χ4n) is 2.43. The number of nitrogens with one attached hydrogen (secondary N) is 1. The average Bonchev–Trinajstić information content (AvgIpc) is 3.17. The van der Waals surface area contributed by atoms with Gasteiger partial charge in [-0.15, -0.1) is 11.3 Å². The Bertz CT molecular complexity index is 836. The topological polar surface area (TPSA) is 50.3 Å². The molecule has 0 radical (unpaired) electrons. The van der Waals surface area contributed by atoms with Gasteiger partial charge in [0, 0.05) is 18.8 Å². The number of ether oxygens (including phenoxy) is 1. The van der Waals surface area contributed by atoms with Crippen molar-refractivity contribution in [1.29, 1.82) is 0 Å². The van der Waals surface area contributed by atoms with Gasteiger partial charge in [-0.3, -0.25) is 0 Å². The summed E-state index contributed by atoms with van der Waals surface area (Å²) in [5.41, 5.74) is 0.734. The van der Waals surface area contributed by atoms with Crippen molar-refractivity contribution >= 4 is 48.9 Å². The first-order valence-electron chi connectivity index (χ1n) is 7.50. The fourth-order valence-corrected chi connectivity index (χ4v) is 4.62. The molecule has 0 saturated carbocycles. The van der Waals surface area contributed by atoms with Crippen LogP contribution >= 0.6 is 22.7 Å². The molecule has 0 atom stereocenters. The maximum Gasteiger partial charge on any atom is 0.187 e. The number of pyridine rings is 1. The van der Waals surface area contributed by atoms with Gasteiger partial charge in [-0.2, -0.15) is 0 Å². The zero-order valence-electron chi connectivity index (χ0n) is 12.8. The van der Waals surface area contributed by atoms with Crippen LogP contribution in [-0.2, 0) is 4.74 Å². The number of fused-ring (bicyclic) bond motifs is 1. The molecule has 0 unspecified atom stereocenters. The number of halogens is 1. The Balaban J connectivity index is 1.51. The van der Waals surface area contributed by atoms with Crippen LogP contribution in [0.1, 0.15) is 4.88 Å². The van der Waals surface area contributed by atoms with Gasteiger partial charge in [-0.1, -0.05) is 17.9 Å². The van der Waals surface area contributed by atoms with Gasteiger partial charge in [-0.05, 0) is 18.2 Å². The molecule has 1 fully saturated rings. The van der Waals surface area contributed by atoms with Crippen LogP contribution in [0.2, 0.25) is 0 Å². The Morgan fingerprint density at radius 1 is 1.29 bits per heavy atom. The second-order valence-electron chi connectivity index (χ2n) is 5.34. The Hall–Kier alpha value is -2.03. The van der Waals surface area contributed by atoms with Crippen LogP contribution in [0.4, 0.5) is 15.3 Å². The minimum atomic E-state index is -0.359. The van der Waals surface area contributed by atoms with E-state index in [2.05, 4.69) is 27.8 Å². The molecule has 8 heteroatoms. The molecule has 0 bridgehead atoms. The van der Waals surface area contributed by atoms with Gasteiger partial charge in [0.05, 0.1) is 29.0 Å². The first-order chi connectivity index (χ1) is 11.7. The van der Waals surface area contributed by atoms with Crippen molar-refractivity contribution in [2.24, 2.45) is 0 Å². The molecule has 0 aliphatic carbocycles. The predicted octanol–water partition coefficient (Wildman–Crippen LogP) is 3.81. The zero-order chi connectivity index (χ0) is 16.5. The number of thiazole rings is 1. The molecule has 0 amide bonds. The van der Waals surface area contributed by atoms with Crippen molar-refractivity contribution in [1.82, 2.24) is 9.97 Å². The van der Waals surface area contributed by atoms with Gasteiger partial charge in [0.15, 0.2) is 5.13 Å². The van der Waals surface area contributed by atoms with Gasteiger partial charge in [0.1, 0.15) is 16.5 Å². The van der Waals surface area contributed by atoms with E-state index < -0.39 is 0 Å². The lowest BCUT2D eigenvalue weighted by Gasteiger charge is -2.25. The molecule has 24 heavy (non-hydrogen) atoms. The minimum absolute atomic E-state index is 0.359. The highest BCUT2D eigenvalue weighted by Gasteiger charge is 2.17. The number of hydrogen-bond donors (Lipinski definition) is 1. The number of hydrogen-bond acceptors (Lipinski definition) is 7. The summed E-state index contributed by atoms with van der Waals surface area (Å²) in [6.45, 7) is 7.33. The first-order valence-corrected chi connectivity index (χ1v) is 9.13. The molecule has 4 heterocycles. The summed E-state index contributed by atoms with van der Waals surface area (Å²) in [4.78, 5) is 13.0. The lowest BCUT2D eigenvalue weighted by Crippen LogP contribution is -2.36. The van der Waals surface area contributed by atoms with Crippen molar-refractivity contribution in [3.8, 4) is 0 Å². The normalized spacial score (nSPS) is 15.0. The highest BCUT2D eigenvalue weighted by atomic mass is 32.1. The van der Waals surface area contributed by atoms with Crippen molar-refractivity contribution in [3.05, 3.63) is 41.7 Å². The molecule has 0 spiro atoms. The lowest BCUT2D eigenvalue weighted by molar-refractivity contribution is 0.122. The second kappa shape index (κ2) is 6.46. The predicted molar refractivity (Wildman–Crippen MR) is 97.4 cm³/mol. The van der Waals surface area contributed by atoms with Crippen molar-refractivity contribution in [2.45, 2.75) is 0 Å². The highest BCUT2D eigenvalue weighted by molar-refractivity contribution is 7.29. The van der Waals surface area contributed by atoms with Crippen LogP contribution in [0.5, 0.6) is 0 Å². The van der Waals surface area contributed by atoms with E-state index in [1.807, 2.05) is 0 Å². The van der Waals surface area contributed by atoms with Crippen molar-refractivity contribution in [3.63, 3.8) is 0 Å². The van der Waals surface area contributed by atoms with Crippen LogP contribution in [-0.4, -0.2) is 36.3 Å². The summed E-state index contributed by atoms with van der Waals surface area (Å²) in [5, 5.41) is 4.15. The second-order valence-corrected chi connectivity index (χ2v) is 7.38. The molecule has 1 aliphatic heterocycles. The van der Waals surface area contributed by atoms with E-state index >= 15 is 0 Å². The van der Waals surface area contributed by atoms with Crippen LogP contribution in [0, 0.1) is 5.82 Å². The number of anilines is 2. The largest absolute Gasteiger partial charge is 0.378 e. The van der Waals surface area contributed by atoms with Crippen molar-refractivity contribution < 1.29 is 9.13 Å². The monoisotopic (exact) mass is 362 g/mol. The maximum atomic E-state index is 12.9. The Labute approximate surface area is 146 Å². The van der Waals surface area contributed by atoms with Crippen LogP contribution in [0.15, 0.2) is 31.0 Å². The molecule has 0 aromatic carbocycles. The Morgan fingerprint density at radius 3 is 2.83 bits per heavy atom. The SMILES string of the molecule is C=C(Nc1ccc(F)cn1)c1cc2sc(N3CCOCC3)nc2s1.